The van der Waals surface area contributed by atoms with Crippen LogP contribution in [-0.4, -0.2) is 70.8 Å². The van der Waals surface area contributed by atoms with Gasteiger partial charge in [0.15, 0.2) is 0 Å². The number of piperidine rings is 1. The van der Waals surface area contributed by atoms with E-state index in [0.717, 1.165) is 32.7 Å². The maximum atomic E-state index is 13.1. The molecule has 1 aromatic rings. The van der Waals surface area contributed by atoms with Crippen molar-refractivity contribution in [3.05, 3.63) is 18.0 Å². The molecule has 0 bridgehead atoms. The number of nitrogens with one attached hydrogen (secondary N) is 1. The monoisotopic (exact) mass is 389 g/mol. The summed E-state index contributed by atoms with van der Waals surface area (Å²) in [5, 5.41) is 7.69. The van der Waals surface area contributed by atoms with Crippen molar-refractivity contribution in [2.45, 2.75) is 31.2 Å². The van der Waals surface area contributed by atoms with Gasteiger partial charge in [0.25, 0.3) is 0 Å². The van der Waals surface area contributed by atoms with Crippen molar-refractivity contribution in [1.29, 1.82) is 0 Å². The first-order valence-corrected chi connectivity index (χ1v) is 8.94. The van der Waals surface area contributed by atoms with E-state index in [2.05, 4.69) is 26.4 Å². The van der Waals surface area contributed by atoms with Crippen LogP contribution in [0.3, 0.4) is 0 Å². The Morgan fingerprint density at radius 1 is 1.20 bits per heavy atom. The molecule has 6 nitrogen and oxygen atoms in total. The van der Waals surface area contributed by atoms with Crippen LogP contribution in [0.2, 0.25) is 0 Å². The van der Waals surface area contributed by atoms with Crippen molar-refractivity contribution < 1.29 is 4.79 Å². The van der Waals surface area contributed by atoms with Gasteiger partial charge in [-0.25, -0.2) is 0 Å². The second-order valence-electron chi connectivity index (χ2n) is 7.29. The number of hydrogen-bond acceptors (Lipinski definition) is 4. The van der Waals surface area contributed by atoms with Crippen LogP contribution in [0.4, 0.5) is 0 Å². The number of nitrogens with zero attached hydrogens (tertiary/aromatic N) is 4. The molecule has 8 heteroatoms. The average molecular weight is 390 g/mol. The Morgan fingerprint density at radius 3 is 2.80 bits per heavy atom. The van der Waals surface area contributed by atoms with Gasteiger partial charge in [-0.15, -0.1) is 24.8 Å². The molecule has 25 heavy (non-hydrogen) atoms. The van der Waals surface area contributed by atoms with Crippen LogP contribution >= 0.6 is 24.8 Å². The molecule has 3 atom stereocenters. The number of aryl methyl sites for hydroxylation is 1. The Kier molecular flexibility index (Phi) is 7.14. The van der Waals surface area contributed by atoms with Gasteiger partial charge >= 0.3 is 0 Å². The second kappa shape index (κ2) is 8.71. The largest absolute Gasteiger partial charge is 0.340 e. The lowest BCUT2D eigenvalue weighted by atomic mass is 9.89. The normalized spacial score (nSPS) is 29.5. The standard InChI is InChI=1S/C17H27N5O.2ClH/c1-20-11-13(8-19-20)15-9-18-10-16(15)17(23)22-7-6-21-5-3-2-4-14(21)12-22;;/h8,11,14-16,18H,2-7,9-10,12H2,1H3;2*1H/t14?,15-,16+;;/m1../s1. The first kappa shape index (κ1) is 20.5. The van der Waals surface area contributed by atoms with Crippen molar-refractivity contribution in [2.24, 2.45) is 13.0 Å². The third-order valence-electron chi connectivity index (χ3n) is 5.83. The minimum Gasteiger partial charge on any atom is -0.340 e. The summed E-state index contributed by atoms with van der Waals surface area (Å²) in [5.41, 5.74) is 1.19. The Labute approximate surface area is 162 Å². The highest BCUT2D eigenvalue weighted by molar-refractivity contribution is 5.85. The zero-order valence-corrected chi connectivity index (χ0v) is 16.4. The molecular formula is C17H29Cl2N5O. The number of fused-ring (bicyclic) bond motifs is 1. The van der Waals surface area contributed by atoms with Crippen LogP contribution in [0.15, 0.2) is 12.4 Å². The van der Waals surface area contributed by atoms with Gasteiger partial charge in [0.05, 0.1) is 12.1 Å². The van der Waals surface area contributed by atoms with Crippen molar-refractivity contribution in [2.75, 3.05) is 39.3 Å². The molecule has 3 aliphatic heterocycles. The fraction of sp³-hybridized carbons (Fsp3) is 0.765. The minimum absolute atomic E-state index is 0. The van der Waals surface area contributed by atoms with E-state index >= 15 is 0 Å². The maximum absolute atomic E-state index is 13.1. The number of carbonyl (C=O) groups excluding carboxylic acids is 1. The van der Waals surface area contributed by atoms with E-state index in [-0.39, 0.29) is 36.6 Å². The molecule has 1 unspecified atom stereocenters. The Hall–Kier alpha value is -0.820. The summed E-state index contributed by atoms with van der Waals surface area (Å²) in [4.78, 5) is 17.8. The summed E-state index contributed by atoms with van der Waals surface area (Å²) in [5.74, 6) is 0.670. The van der Waals surface area contributed by atoms with E-state index in [4.69, 9.17) is 0 Å². The molecule has 4 rings (SSSR count). The lowest BCUT2D eigenvalue weighted by Crippen LogP contribution is -2.57. The van der Waals surface area contributed by atoms with E-state index in [1.54, 1.807) is 0 Å². The molecular weight excluding hydrogens is 361 g/mol. The minimum atomic E-state index is 0. The van der Waals surface area contributed by atoms with Crippen LogP contribution in [-0.2, 0) is 11.8 Å². The molecule has 0 spiro atoms. The number of aromatic nitrogens is 2. The Bertz CT molecular complexity index is 581. The van der Waals surface area contributed by atoms with Gasteiger partial charge in [0.2, 0.25) is 5.91 Å². The van der Waals surface area contributed by atoms with Gasteiger partial charge in [-0.3, -0.25) is 14.4 Å². The van der Waals surface area contributed by atoms with E-state index in [9.17, 15) is 4.79 Å². The summed E-state index contributed by atoms with van der Waals surface area (Å²) < 4.78 is 1.83. The van der Waals surface area contributed by atoms with Gasteiger partial charge < -0.3 is 10.2 Å². The molecule has 3 fully saturated rings. The molecule has 4 heterocycles. The van der Waals surface area contributed by atoms with Crippen LogP contribution in [0.25, 0.3) is 0 Å². The molecule has 0 aliphatic carbocycles. The summed E-state index contributed by atoms with van der Waals surface area (Å²) in [6, 6.07) is 0.590. The van der Waals surface area contributed by atoms with Crippen LogP contribution in [0.1, 0.15) is 30.7 Å². The van der Waals surface area contributed by atoms with Crippen molar-refractivity contribution in [1.82, 2.24) is 24.9 Å². The maximum Gasteiger partial charge on any atom is 0.227 e. The topological polar surface area (TPSA) is 53.4 Å². The van der Waals surface area contributed by atoms with Gasteiger partial charge in [-0.1, -0.05) is 6.42 Å². The molecule has 3 aliphatic rings. The van der Waals surface area contributed by atoms with E-state index in [1.807, 2.05) is 17.9 Å². The number of rotatable bonds is 2. The first-order chi connectivity index (χ1) is 11.2. The van der Waals surface area contributed by atoms with Crippen LogP contribution < -0.4 is 5.32 Å². The first-order valence-electron chi connectivity index (χ1n) is 8.94. The van der Waals surface area contributed by atoms with E-state index in [0.29, 0.717) is 11.9 Å². The summed E-state index contributed by atoms with van der Waals surface area (Å²) in [6.07, 6.45) is 7.85. The van der Waals surface area contributed by atoms with E-state index in [1.165, 1.54) is 31.4 Å². The highest BCUT2D eigenvalue weighted by atomic mass is 35.5. The summed E-state index contributed by atoms with van der Waals surface area (Å²) in [7, 11) is 1.94. The van der Waals surface area contributed by atoms with Gasteiger partial charge in [0, 0.05) is 57.9 Å². The predicted molar refractivity (Wildman–Crippen MR) is 103 cm³/mol. The fourth-order valence-corrected chi connectivity index (χ4v) is 4.51. The lowest BCUT2D eigenvalue weighted by molar-refractivity contribution is -0.139. The van der Waals surface area contributed by atoms with Crippen molar-refractivity contribution >= 4 is 30.7 Å². The molecule has 0 radical (unpaired) electrons. The Balaban J connectivity index is 0.00000113. The van der Waals surface area contributed by atoms with Gasteiger partial charge in [-0.05, 0) is 24.9 Å². The highest BCUT2D eigenvalue weighted by Gasteiger charge is 2.39. The molecule has 1 amide bonds. The summed E-state index contributed by atoms with van der Waals surface area (Å²) >= 11 is 0. The smallest absolute Gasteiger partial charge is 0.227 e. The molecule has 0 aromatic carbocycles. The zero-order valence-electron chi connectivity index (χ0n) is 14.8. The van der Waals surface area contributed by atoms with E-state index < -0.39 is 0 Å². The van der Waals surface area contributed by atoms with Crippen molar-refractivity contribution in [3.8, 4) is 0 Å². The molecule has 3 saturated heterocycles. The number of carbonyl (C=O) groups is 1. The number of amides is 1. The molecule has 142 valence electrons. The highest BCUT2D eigenvalue weighted by Crippen LogP contribution is 2.30. The third-order valence-corrected chi connectivity index (χ3v) is 5.83. The number of piperazine rings is 1. The molecule has 0 saturated carbocycles. The average Bonchev–Trinajstić information content (AvgIpc) is 3.22. The summed E-state index contributed by atoms with van der Waals surface area (Å²) in [6.45, 7) is 5.76. The number of halogens is 2. The zero-order chi connectivity index (χ0) is 15.8. The fourth-order valence-electron chi connectivity index (χ4n) is 4.51. The second-order valence-corrected chi connectivity index (χ2v) is 7.29. The Morgan fingerprint density at radius 2 is 2.04 bits per heavy atom. The molecule has 1 N–H and O–H groups in total. The number of hydrogen-bond donors (Lipinski definition) is 1. The quantitative estimate of drug-likeness (QED) is 0.826. The van der Waals surface area contributed by atoms with Crippen LogP contribution in [0.5, 0.6) is 0 Å². The molecule has 1 aromatic heterocycles. The van der Waals surface area contributed by atoms with Crippen molar-refractivity contribution in [3.63, 3.8) is 0 Å². The third kappa shape index (κ3) is 4.13. The van der Waals surface area contributed by atoms with Crippen LogP contribution in [0, 0.1) is 5.92 Å². The lowest BCUT2D eigenvalue weighted by Gasteiger charge is -2.44. The van der Waals surface area contributed by atoms with Gasteiger partial charge in [0.1, 0.15) is 0 Å². The van der Waals surface area contributed by atoms with Gasteiger partial charge in [-0.2, -0.15) is 5.10 Å². The SMILES string of the molecule is Cl.Cl.Cn1cc([C@H]2CNC[C@@H]2C(=O)N2CCN3CCCCC3C2)cn1. The predicted octanol–water partition coefficient (Wildman–Crippen LogP) is 1.26.